The van der Waals surface area contributed by atoms with Crippen molar-refractivity contribution in [3.8, 4) is 0 Å². The van der Waals surface area contributed by atoms with Crippen LogP contribution < -0.4 is 0 Å². The summed E-state index contributed by atoms with van der Waals surface area (Å²) in [6.45, 7) is 4.40. The molecule has 1 aliphatic carbocycles. The molecule has 2 heteroatoms. The van der Waals surface area contributed by atoms with E-state index in [2.05, 4.69) is 13.8 Å². The lowest BCUT2D eigenvalue weighted by Crippen LogP contribution is -2.35. The molecule has 0 bridgehead atoms. The summed E-state index contributed by atoms with van der Waals surface area (Å²) in [5.41, 5.74) is 0.224. The van der Waals surface area contributed by atoms with Crippen molar-refractivity contribution in [2.75, 3.05) is 14.1 Å². The Hall–Kier alpha value is -0.530. The van der Waals surface area contributed by atoms with Crippen LogP contribution >= 0.6 is 0 Å². The number of hydrogen-bond acceptors (Lipinski definition) is 1. The van der Waals surface area contributed by atoms with Crippen molar-refractivity contribution in [1.29, 1.82) is 0 Å². The van der Waals surface area contributed by atoms with E-state index in [0.717, 1.165) is 6.42 Å². The number of carbonyl (C=O) groups excluding carboxylic acids is 1. The summed E-state index contributed by atoms with van der Waals surface area (Å²) >= 11 is 0. The van der Waals surface area contributed by atoms with Crippen LogP contribution in [0.4, 0.5) is 0 Å². The van der Waals surface area contributed by atoms with E-state index in [1.165, 1.54) is 12.8 Å². The lowest BCUT2D eigenvalue weighted by atomic mass is 9.81. The maximum absolute atomic E-state index is 11.7. The third-order valence-electron chi connectivity index (χ3n) is 3.00. The first-order valence-electron chi connectivity index (χ1n) is 4.66. The van der Waals surface area contributed by atoms with Gasteiger partial charge in [0.25, 0.3) is 0 Å². The molecule has 1 rings (SSSR count). The van der Waals surface area contributed by atoms with Gasteiger partial charge in [-0.25, -0.2) is 0 Å². The summed E-state index contributed by atoms with van der Waals surface area (Å²) in [5, 5.41) is 0. The lowest BCUT2D eigenvalue weighted by Gasteiger charge is -2.28. The molecule has 0 aromatic rings. The van der Waals surface area contributed by atoms with E-state index >= 15 is 0 Å². The Bertz CT molecular complexity index is 184. The second kappa shape index (κ2) is 3.08. The van der Waals surface area contributed by atoms with Crippen LogP contribution in [0.2, 0.25) is 0 Å². The standard InChI is InChI=1S/C10H19NO/c1-10(2)7-5-6-8(10)9(12)11(3)4/h8H,5-7H2,1-4H3. The van der Waals surface area contributed by atoms with Gasteiger partial charge in [-0.15, -0.1) is 0 Å². The number of amides is 1. The first-order chi connectivity index (χ1) is 5.45. The Morgan fingerprint density at radius 1 is 1.42 bits per heavy atom. The molecule has 70 valence electrons. The quantitative estimate of drug-likeness (QED) is 0.587. The minimum absolute atomic E-state index is 0.224. The smallest absolute Gasteiger partial charge is 0.225 e. The zero-order valence-corrected chi connectivity index (χ0v) is 8.55. The van der Waals surface area contributed by atoms with Crippen LogP contribution in [0.5, 0.6) is 0 Å². The first kappa shape index (κ1) is 9.56. The molecule has 1 unspecified atom stereocenters. The summed E-state index contributed by atoms with van der Waals surface area (Å²) in [6.07, 6.45) is 3.47. The van der Waals surface area contributed by atoms with Gasteiger partial charge in [0.1, 0.15) is 0 Å². The van der Waals surface area contributed by atoms with Gasteiger partial charge >= 0.3 is 0 Å². The summed E-state index contributed by atoms with van der Waals surface area (Å²) in [5.74, 6) is 0.560. The van der Waals surface area contributed by atoms with Gasteiger partial charge in [0, 0.05) is 20.0 Å². The summed E-state index contributed by atoms with van der Waals surface area (Å²) in [6, 6.07) is 0. The van der Waals surface area contributed by atoms with Crippen molar-refractivity contribution in [3.63, 3.8) is 0 Å². The van der Waals surface area contributed by atoms with Crippen molar-refractivity contribution in [2.24, 2.45) is 11.3 Å². The molecule has 1 atom stereocenters. The second-order valence-electron chi connectivity index (χ2n) is 4.67. The SMILES string of the molecule is CN(C)C(=O)C1CCCC1(C)C. The van der Waals surface area contributed by atoms with Gasteiger partial charge in [-0.3, -0.25) is 4.79 Å². The molecule has 1 aliphatic rings. The van der Waals surface area contributed by atoms with Gasteiger partial charge in [0.05, 0.1) is 0 Å². The fourth-order valence-corrected chi connectivity index (χ4v) is 2.10. The molecule has 0 heterocycles. The van der Waals surface area contributed by atoms with Gasteiger partial charge in [-0.2, -0.15) is 0 Å². The third kappa shape index (κ3) is 1.62. The van der Waals surface area contributed by atoms with E-state index in [9.17, 15) is 4.79 Å². The molecular formula is C10H19NO. The molecule has 0 aromatic heterocycles. The summed E-state index contributed by atoms with van der Waals surface area (Å²) in [4.78, 5) is 13.4. The largest absolute Gasteiger partial charge is 0.349 e. The zero-order valence-electron chi connectivity index (χ0n) is 8.55. The zero-order chi connectivity index (χ0) is 9.35. The predicted octanol–water partition coefficient (Wildman–Crippen LogP) is 1.90. The third-order valence-corrected chi connectivity index (χ3v) is 3.00. The van der Waals surface area contributed by atoms with E-state index in [-0.39, 0.29) is 11.3 Å². The Kier molecular flexibility index (Phi) is 2.45. The average Bonchev–Trinajstić information content (AvgIpc) is 2.27. The molecule has 0 aromatic carbocycles. The first-order valence-corrected chi connectivity index (χ1v) is 4.66. The number of carbonyl (C=O) groups is 1. The van der Waals surface area contributed by atoms with Crippen molar-refractivity contribution < 1.29 is 4.79 Å². The van der Waals surface area contributed by atoms with Gasteiger partial charge in [-0.05, 0) is 18.3 Å². The van der Waals surface area contributed by atoms with E-state index in [4.69, 9.17) is 0 Å². The van der Waals surface area contributed by atoms with E-state index in [1.54, 1.807) is 4.90 Å². The van der Waals surface area contributed by atoms with Crippen LogP contribution in [0.25, 0.3) is 0 Å². The summed E-state index contributed by atoms with van der Waals surface area (Å²) < 4.78 is 0. The van der Waals surface area contributed by atoms with Gasteiger partial charge in [-0.1, -0.05) is 20.3 Å². The van der Waals surface area contributed by atoms with Crippen molar-refractivity contribution in [3.05, 3.63) is 0 Å². The van der Waals surface area contributed by atoms with Crippen molar-refractivity contribution >= 4 is 5.91 Å². The minimum Gasteiger partial charge on any atom is -0.349 e. The van der Waals surface area contributed by atoms with Crippen molar-refractivity contribution in [1.82, 2.24) is 4.90 Å². The highest BCUT2D eigenvalue weighted by Crippen LogP contribution is 2.43. The molecule has 1 amide bonds. The highest BCUT2D eigenvalue weighted by molar-refractivity contribution is 5.79. The normalized spacial score (nSPS) is 27.2. The molecule has 0 N–H and O–H groups in total. The fourth-order valence-electron chi connectivity index (χ4n) is 2.10. The highest BCUT2D eigenvalue weighted by atomic mass is 16.2. The fraction of sp³-hybridized carbons (Fsp3) is 0.900. The lowest BCUT2D eigenvalue weighted by molar-refractivity contribution is -0.135. The van der Waals surface area contributed by atoms with Gasteiger partial charge in [0.2, 0.25) is 5.91 Å². The molecule has 12 heavy (non-hydrogen) atoms. The molecule has 1 saturated carbocycles. The molecule has 0 aliphatic heterocycles. The van der Waals surface area contributed by atoms with E-state index in [0.29, 0.717) is 5.91 Å². The monoisotopic (exact) mass is 169 g/mol. The molecule has 0 saturated heterocycles. The van der Waals surface area contributed by atoms with Crippen molar-refractivity contribution in [2.45, 2.75) is 33.1 Å². The van der Waals surface area contributed by atoms with Crippen LogP contribution in [-0.4, -0.2) is 24.9 Å². The second-order valence-corrected chi connectivity index (χ2v) is 4.67. The van der Waals surface area contributed by atoms with E-state index in [1.807, 2.05) is 14.1 Å². The predicted molar refractivity (Wildman–Crippen MR) is 49.8 cm³/mol. The average molecular weight is 169 g/mol. The van der Waals surface area contributed by atoms with E-state index < -0.39 is 0 Å². The van der Waals surface area contributed by atoms with Crippen LogP contribution in [0, 0.1) is 11.3 Å². The highest BCUT2D eigenvalue weighted by Gasteiger charge is 2.39. The Labute approximate surface area is 74.9 Å². The van der Waals surface area contributed by atoms with Crippen LogP contribution in [0.3, 0.4) is 0 Å². The Balaban J connectivity index is 2.69. The Morgan fingerprint density at radius 3 is 2.33 bits per heavy atom. The minimum atomic E-state index is 0.224. The molecular weight excluding hydrogens is 150 g/mol. The van der Waals surface area contributed by atoms with Crippen LogP contribution in [-0.2, 0) is 4.79 Å². The Morgan fingerprint density at radius 2 is 2.00 bits per heavy atom. The number of hydrogen-bond donors (Lipinski definition) is 0. The van der Waals surface area contributed by atoms with Gasteiger partial charge < -0.3 is 4.90 Å². The molecule has 0 radical (unpaired) electrons. The number of nitrogens with zero attached hydrogens (tertiary/aromatic N) is 1. The molecule has 0 spiro atoms. The topological polar surface area (TPSA) is 20.3 Å². The number of rotatable bonds is 1. The maximum Gasteiger partial charge on any atom is 0.225 e. The van der Waals surface area contributed by atoms with Gasteiger partial charge in [0.15, 0.2) is 0 Å². The maximum atomic E-state index is 11.7. The van der Waals surface area contributed by atoms with Crippen LogP contribution in [0.15, 0.2) is 0 Å². The molecule has 1 fully saturated rings. The molecule has 2 nitrogen and oxygen atoms in total. The summed E-state index contributed by atoms with van der Waals surface area (Å²) in [7, 11) is 3.69. The van der Waals surface area contributed by atoms with Crippen LogP contribution in [0.1, 0.15) is 33.1 Å².